The molecular weight excluding hydrogens is 476 g/mol. The smallest absolute Gasteiger partial charge is 0.341 e. The van der Waals surface area contributed by atoms with E-state index in [9.17, 15) is 18.4 Å². The van der Waals surface area contributed by atoms with Crippen molar-refractivity contribution < 1.29 is 23.1 Å². The molecule has 0 bridgehead atoms. The fourth-order valence-corrected chi connectivity index (χ4v) is 5.39. The molecule has 3 aromatic rings. The number of hydrogen-bond acceptors (Lipinski definition) is 4. The Morgan fingerprint density at radius 2 is 1.84 bits per heavy atom. The van der Waals surface area contributed by atoms with Gasteiger partial charge in [-0.3, -0.25) is 4.79 Å². The van der Waals surface area contributed by atoms with Gasteiger partial charge in [-0.05, 0) is 61.1 Å². The van der Waals surface area contributed by atoms with Crippen LogP contribution >= 0.6 is 0 Å². The Hall–Kier alpha value is -3.55. The minimum absolute atomic E-state index is 0.0456. The van der Waals surface area contributed by atoms with Crippen LogP contribution in [0.2, 0.25) is 0 Å². The van der Waals surface area contributed by atoms with Gasteiger partial charge in [0.15, 0.2) is 0 Å². The molecule has 37 heavy (non-hydrogen) atoms. The van der Waals surface area contributed by atoms with E-state index in [4.69, 9.17) is 4.74 Å². The molecule has 2 heterocycles. The Labute approximate surface area is 215 Å². The minimum Gasteiger partial charge on any atom is -0.465 e. The highest BCUT2D eigenvalue weighted by Crippen LogP contribution is 2.56. The zero-order chi connectivity index (χ0) is 26.2. The number of rotatable bonds is 7. The van der Waals surface area contributed by atoms with Crippen LogP contribution < -0.4 is 0 Å². The van der Waals surface area contributed by atoms with E-state index in [0.29, 0.717) is 11.3 Å². The molecule has 194 valence electrons. The van der Waals surface area contributed by atoms with Crippen molar-refractivity contribution in [2.45, 2.75) is 63.3 Å². The Bertz CT molecular complexity index is 1320. The van der Waals surface area contributed by atoms with Crippen LogP contribution in [0.5, 0.6) is 0 Å². The quantitative estimate of drug-likeness (QED) is 0.355. The number of halogens is 2. The summed E-state index contributed by atoms with van der Waals surface area (Å²) in [6.45, 7) is 2.92. The van der Waals surface area contributed by atoms with E-state index in [2.05, 4.69) is 12.0 Å². The first-order chi connectivity index (χ1) is 17.8. The van der Waals surface area contributed by atoms with Gasteiger partial charge >= 0.3 is 5.97 Å². The minimum atomic E-state index is -2.88. The number of methoxy groups -OCH3 is 1. The van der Waals surface area contributed by atoms with E-state index < -0.39 is 17.8 Å². The molecule has 1 saturated carbocycles. The molecule has 0 spiro atoms. The van der Waals surface area contributed by atoms with E-state index >= 15 is 0 Å². The van der Waals surface area contributed by atoms with Crippen molar-refractivity contribution in [3.05, 3.63) is 71.5 Å². The van der Waals surface area contributed by atoms with E-state index in [-0.39, 0.29) is 29.6 Å². The van der Waals surface area contributed by atoms with E-state index in [1.54, 1.807) is 6.07 Å². The summed E-state index contributed by atoms with van der Waals surface area (Å²) in [5.74, 6) is -4.61. The molecular formula is C29H31F2N3O3. The number of hydrogen-bond donors (Lipinski definition) is 0. The van der Waals surface area contributed by atoms with Crippen molar-refractivity contribution in [3.63, 3.8) is 0 Å². The molecule has 1 amide bonds. The molecule has 1 aromatic heterocycles. The van der Waals surface area contributed by atoms with Crippen molar-refractivity contribution in [2.75, 3.05) is 13.7 Å². The molecule has 2 aromatic carbocycles. The number of ether oxygens (including phenoxy) is 1. The van der Waals surface area contributed by atoms with Crippen molar-refractivity contribution in [1.29, 1.82) is 0 Å². The standard InChI is InChI=1S/C29H31F2N3O3/c1-3-8-22-12-4-5-14-33(22)27(35)21-11-6-9-19(15-21)20-10-7-13-23(16-20)34-26(25-17-29(25,30)31)24(18-32-34)28(36)37-2/h6-7,9-11,13,15-16,18,22,25H,3-5,8,12,14,17H2,1-2H3/t22-,25?/m1/s1. The van der Waals surface area contributed by atoms with Gasteiger partial charge < -0.3 is 9.64 Å². The second-order valence-electron chi connectivity index (χ2n) is 9.93. The summed E-state index contributed by atoms with van der Waals surface area (Å²) in [5, 5.41) is 4.27. The van der Waals surface area contributed by atoms with Crippen molar-refractivity contribution in [2.24, 2.45) is 0 Å². The molecule has 1 unspecified atom stereocenters. The van der Waals surface area contributed by atoms with Crippen LogP contribution in [0.1, 0.15) is 77.8 Å². The fourth-order valence-electron chi connectivity index (χ4n) is 5.39. The summed E-state index contributed by atoms with van der Waals surface area (Å²) in [7, 11) is 1.22. The third-order valence-corrected chi connectivity index (χ3v) is 7.41. The van der Waals surface area contributed by atoms with Crippen LogP contribution in [0.25, 0.3) is 16.8 Å². The lowest BCUT2D eigenvalue weighted by Gasteiger charge is -2.36. The number of carbonyl (C=O) groups excluding carboxylic acids is 2. The second-order valence-corrected chi connectivity index (χ2v) is 9.93. The number of amides is 1. The lowest BCUT2D eigenvalue weighted by atomic mass is 9.96. The number of benzene rings is 2. The average molecular weight is 508 g/mol. The van der Waals surface area contributed by atoms with Crippen LogP contribution in [0.15, 0.2) is 54.7 Å². The van der Waals surface area contributed by atoms with Gasteiger partial charge in [-0.15, -0.1) is 0 Å². The molecule has 8 heteroatoms. The van der Waals surface area contributed by atoms with Gasteiger partial charge in [0.05, 0.1) is 30.6 Å². The van der Waals surface area contributed by atoms with Gasteiger partial charge in [-0.25, -0.2) is 18.3 Å². The fraction of sp³-hybridized carbons (Fsp3) is 0.414. The molecule has 1 aliphatic carbocycles. The number of nitrogens with zero attached hydrogens (tertiary/aromatic N) is 3. The van der Waals surface area contributed by atoms with Gasteiger partial charge in [0.25, 0.3) is 11.8 Å². The van der Waals surface area contributed by atoms with Crippen molar-refractivity contribution in [1.82, 2.24) is 14.7 Å². The largest absolute Gasteiger partial charge is 0.465 e. The van der Waals surface area contributed by atoms with Crippen molar-refractivity contribution in [3.8, 4) is 16.8 Å². The summed E-state index contributed by atoms with van der Waals surface area (Å²) >= 11 is 0. The molecule has 2 atom stereocenters. The molecule has 0 N–H and O–H groups in total. The normalized spacial score (nSPS) is 20.5. The zero-order valence-corrected chi connectivity index (χ0v) is 21.1. The van der Waals surface area contributed by atoms with Gasteiger partial charge in [0.1, 0.15) is 5.56 Å². The predicted molar refractivity (Wildman–Crippen MR) is 136 cm³/mol. The Balaban J connectivity index is 1.47. The number of esters is 1. The molecule has 1 saturated heterocycles. The highest BCUT2D eigenvalue weighted by atomic mass is 19.3. The molecule has 1 aliphatic heterocycles. The monoisotopic (exact) mass is 507 g/mol. The first-order valence-corrected chi connectivity index (χ1v) is 12.9. The summed E-state index contributed by atoms with van der Waals surface area (Å²) < 4.78 is 34.3. The van der Waals surface area contributed by atoms with Crippen LogP contribution in [0.4, 0.5) is 8.78 Å². The lowest BCUT2D eigenvalue weighted by molar-refractivity contribution is 0.0591. The summed E-state index contributed by atoms with van der Waals surface area (Å²) in [6.07, 6.45) is 6.22. The lowest BCUT2D eigenvalue weighted by Crippen LogP contribution is -2.43. The SMILES string of the molecule is CCC[C@@H]1CCCCN1C(=O)c1cccc(-c2cccc(-n3ncc(C(=O)OC)c3C3CC3(F)F)c2)c1. The Kier molecular flexibility index (Phi) is 6.84. The first kappa shape index (κ1) is 25.1. The van der Waals surface area contributed by atoms with Gasteiger partial charge in [-0.2, -0.15) is 5.10 Å². The topological polar surface area (TPSA) is 64.4 Å². The van der Waals surface area contributed by atoms with Crippen LogP contribution in [-0.2, 0) is 4.74 Å². The maximum atomic E-state index is 14.1. The van der Waals surface area contributed by atoms with E-state index in [1.807, 2.05) is 47.4 Å². The third-order valence-electron chi connectivity index (χ3n) is 7.41. The average Bonchev–Trinajstić information content (AvgIpc) is 3.33. The Morgan fingerprint density at radius 3 is 2.54 bits per heavy atom. The second kappa shape index (κ2) is 10.1. The number of carbonyl (C=O) groups is 2. The molecule has 5 rings (SSSR count). The Morgan fingerprint density at radius 1 is 1.11 bits per heavy atom. The number of alkyl halides is 2. The highest BCUT2D eigenvalue weighted by molar-refractivity contribution is 5.96. The number of aromatic nitrogens is 2. The van der Waals surface area contributed by atoms with Gasteiger partial charge in [0.2, 0.25) is 0 Å². The predicted octanol–water partition coefficient (Wildman–Crippen LogP) is 6.24. The van der Waals surface area contributed by atoms with E-state index in [0.717, 1.165) is 49.8 Å². The summed E-state index contributed by atoms with van der Waals surface area (Å²) in [4.78, 5) is 27.7. The zero-order valence-electron chi connectivity index (χ0n) is 21.1. The summed E-state index contributed by atoms with van der Waals surface area (Å²) in [5.41, 5.74) is 3.06. The van der Waals surface area contributed by atoms with Gasteiger partial charge in [0, 0.05) is 24.6 Å². The third kappa shape index (κ3) is 4.89. The maximum absolute atomic E-state index is 14.1. The van der Waals surface area contributed by atoms with Crippen LogP contribution in [-0.4, -0.2) is 52.2 Å². The molecule has 0 radical (unpaired) electrons. The van der Waals surface area contributed by atoms with Gasteiger partial charge in [-0.1, -0.05) is 37.6 Å². The summed E-state index contributed by atoms with van der Waals surface area (Å²) in [6, 6.07) is 15.1. The maximum Gasteiger partial charge on any atom is 0.341 e. The number of piperidine rings is 1. The molecule has 2 aliphatic rings. The van der Waals surface area contributed by atoms with Crippen molar-refractivity contribution >= 4 is 11.9 Å². The molecule has 6 nitrogen and oxygen atoms in total. The first-order valence-electron chi connectivity index (χ1n) is 12.9. The number of likely N-dealkylation sites (tertiary alicyclic amines) is 1. The van der Waals surface area contributed by atoms with Crippen LogP contribution in [0.3, 0.4) is 0 Å². The van der Waals surface area contributed by atoms with E-state index in [1.165, 1.54) is 18.0 Å². The van der Waals surface area contributed by atoms with Crippen LogP contribution in [0, 0.1) is 0 Å². The molecule has 2 fully saturated rings. The highest BCUT2D eigenvalue weighted by Gasteiger charge is 2.60.